The largest absolute Gasteiger partial charge is 0.369 e. The molecule has 2 aromatic heterocycles. The van der Waals surface area contributed by atoms with Crippen LogP contribution in [0, 0.1) is 6.92 Å². The Morgan fingerprint density at radius 1 is 1.41 bits per heavy atom. The summed E-state index contributed by atoms with van der Waals surface area (Å²) in [5.74, 6) is 1.50. The number of hydrogen-bond acceptors (Lipinski definition) is 4. The molecular formula is C11H14BrN5. The van der Waals surface area contributed by atoms with Crippen LogP contribution in [-0.4, -0.2) is 26.3 Å². The molecule has 0 aliphatic carbocycles. The molecule has 2 heterocycles. The van der Waals surface area contributed by atoms with E-state index in [1.807, 2.05) is 25.6 Å². The number of hydrogen-bond donors (Lipinski definition) is 1. The third-order valence-electron chi connectivity index (χ3n) is 2.56. The fraction of sp³-hybridized carbons (Fsp3) is 0.364. The van der Waals surface area contributed by atoms with Gasteiger partial charge in [-0.25, -0.2) is 9.97 Å². The Hall–Kier alpha value is -1.43. The zero-order chi connectivity index (χ0) is 12.4. The summed E-state index contributed by atoms with van der Waals surface area (Å²) >= 11 is 3.42. The quantitative estimate of drug-likeness (QED) is 0.945. The lowest BCUT2D eigenvalue weighted by Gasteiger charge is -2.06. The number of aryl methyl sites for hydroxylation is 1. The second-order valence-corrected chi connectivity index (χ2v) is 4.54. The molecule has 90 valence electrons. The maximum atomic E-state index is 4.48. The van der Waals surface area contributed by atoms with Gasteiger partial charge >= 0.3 is 0 Å². The summed E-state index contributed by atoms with van der Waals surface area (Å²) in [4.78, 5) is 8.80. The zero-order valence-corrected chi connectivity index (χ0v) is 11.6. The van der Waals surface area contributed by atoms with Crippen LogP contribution in [0.15, 0.2) is 16.9 Å². The van der Waals surface area contributed by atoms with Crippen molar-refractivity contribution in [2.75, 3.05) is 11.9 Å². The van der Waals surface area contributed by atoms with Gasteiger partial charge in [0.15, 0.2) is 5.82 Å². The Morgan fingerprint density at radius 2 is 2.18 bits per heavy atom. The second-order valence-electron chi connectivity index (χ2n) is 3.69. The fourth-order valence-electron chi connectivity index (χ4n) is 1.51. The molecule has 0 atom stereocenters. The molecule has 0 aromatic carbocycles. The minimum atomic E-state index is 0.690. The van der Waals surface area contributed by atoms with Crippen LogP contribution < -0.4 is 5.32 Å². The number of nitrogens with zero attached hydrogens (tertiary/aromatic N) is 4. The number of halogens is 1. The third kappa shape index (κ3) is 2.31. The van der Waals surface area contributed by atoms with E-state index < -0.39 is 0 Å². The lowest BCUT2D eigenvalue weighted by molar-refractivity contribution is 0.740. The van der Waals surface area contributed by atoms with Crippen molar-refractivity contribution in [2.24, 2.45) is 7.05 Å². The Balaban J connectivity index is 2.46. The first kappa shape index (κ1) is 12.0. The average Bonchev–Trinajstić information content (AvgIpc) is 2.64. The van der Waals surface area contributed by atoms with Gasteiger partial charge in [0.2, 0.25) is 0 Å². The molecule has 1 N–H and O–H groups in total. The predicted octanol–water partition coefficient (Wildman–Crippen LogP) is 2.38. The van der Waals surface area contributed by atoms with E-state index in [-0.39, 0.29) is 0 Å². The first-order chi connectivity index (χ1) is 8.13. The van der Waals surface area contributed by atoms with Crippen molar-refractivity contribution in [3.05, 3.63) is 22.6 Å². The maximum Gasteiger partial charge on any atom is 0.165 e. The van der Waals surface area contributed by atoms with Crippen LogP contribution >= 0.6 is 15.9 Å². The molecule has 0 amide bonds. The number of aromatic nitrogens is 4. The monoisotopic (exact) mass is 295 g/mol. The highest BCUT2D eigenvalue weighted by Crippen LogP contribution is 2.24. The van der Waals surface area contributed by atoms with Crippen LogP contribution in [0.4, 0.5) is 5.82 Å². The zero-order valence-electron chi connectivity index (χ0n) is 10.0. The molecule has 5 nitrogen and oxygen atoms in total. The van der Waals surface area contributed by atoms with E-state index in [9.17, 15) is 0 Å². The highest BCUT2D eigenvalue weighted by molar-refractivity contribution is 9.10. The van der Waals surface area contributed by atoms with Crippen molar-refractivity contribution in [2.45, 2.75) is 13.8 Å². The normalized spacial score (nSPS) is 10.6. The Kier molecular flexibility index (Phi) is 3.42. The molecule has 0 spiro atoms. The fourth-order valence-corrected chi connectivity index (χ4v) is 1.84. The number of anilines is 1. The van der Waals surface area contributed by atoms with Crippen molar-refractivity contribution >= 4 is 21.7 Å². The summed E-state index contributed by atoms with van der Waals surface area (Å²) in [6.45, 7) is 4.85. The van der Waals surface area contributed by atoms with Crippen LogP contribution in [0.1, 0.15) is 12.6 Å². The molecule has 17 heavy (non-hydrogen) atoms. The second kappa shape index (κ2) is 4.83. The van der Waals surface area contributed by atoms with Gasteiger partial charge in [0, 0.05) is 25.5 Å². The molecule has 2 aromatic rings. The molecule has 0 aliphatic rings. The Morgan fingerprint density at radius 3 is 2.76 bits per heavy atom. The number of rotatable bonds is 3. The van der Waals surface area contributed by atoms with Crippen LogP contribution in [-0.2, 0) is 7.05 Å². The van der Waals surface area contributed by atoms with E-state index in [0.717, 1.165) is 28.1 Å². The summed E-state index contributed by atoms with van der Waals surface area (Å²) in [5.41, 5.74) is 2.01. The average molecular weight is 296 g/mol. The first-order valence-electron chi connectivity index (χ1n) is 5.39. The molecule has 0 unspecified atom stereocenters. The van der Waals surface area contributed by atoms with Gasteiger partial charge in [-0.05, 0) is 29.8 Å². The van der Waals surface area contributed by atoms with Gasteiger partial charge in [0.25, 0.3) is 0 Å². The minimum absolute atomic E-state index is 0.690. The van der Waals surface area contributed by atoms with Crippen molar-refractivity contribution in [1.29, 1.82) is 0 Å². The van der Waals surface area contributed by atoms with E-state index >= 15 is 0 Å². The van der Waals surface area contributed by atoms with Crippen LogP contribution in [0.5, 0.6) is 0 Å². The summed E-state index contributed by atoms with van der Waals surface area (Å²) in [7, 11) is 1.91. The molecule has 0 saturated carbocycles. The third-order valence-corrected chi connectivity index (χ3v) is 3.14. The van der Waals surface area contributed by atoms with Crippen molar-refractivity contribution in [1.82, 2.24) is 19.7 Å². The minimum Gasteiger partial charge on any atom is -0.369 e. The summed E-state index contributed by atoms with van der Waals surface area (Å²) in [6.07, 6.45) is 3.54. The smallest absolute Gasteiger partial charge is 0.165 e. The molecule has 2 rings (SSSR count). The topological polar surface area (TPSA) is 55.6 Å². The van der Waals surface area contributed by atoms with Gasteiger partial charge in [-0.2, -0.15) is 5.10 Å². The van der Waals surface area contributed by atoms with Crippen LogP contribution in [0.25, 0.3) is 11.4 Å². The molecule has 0 saturated heterocycles. The highest BCUT2D eigenvalue weighted by Gasteiger charge is 2.11. The SMILES string of the molecule is CCNc1nc(-c2cnn(C)c2C)ncc1Br. The van der Waals surface area contributed by atoms with Crippen molar-refractivity contribution < 1.29 is 0 Å². The lowest BCUT2D eigenvalue weighted by atomic mass is 10.2. The molecule has 0 radical (unpaired) electrons. The van der Waals surface area contributed by atoms with Crippen LogP contribution in [0.2, 0.25) is 0 Å². The van der Waals surface area contributed by atoms with E-state index in [4.69, 9.17) is 0 Å². The summed E-state index contributed by atoms with van der Waals surface area (Å²) in [5, 5.41) is 7.38. The predicted molar refractivity (Wildman–Crippen MR) is 70.8 cm³/mol. The molecular weight excluding hydrogens is 282 g/mol. The summed E-state index contributed by atoms with van der Waals surface area (Å²) < 4.78 is 2.68. The van der Waals surface area contributed by atoms with Crippen LogP contribution in [0.3, 0.4) is 0 Å². The molecule has 6 heteroatoms. The van der Waals surface area contributed by atoms with E-state index in [0.29, 0.717) is 5.82 Å². The Bertz CT molecular complexity index is 535. The van der Waals surface area contributed by atoms with Gasteiger partial charge in [0.05, 0.1) is 16.2 Å². The standard InChI is InChI=1S/C11H14BrN5/c1-4-13-11-9(12)6-14-10(16-11)8-5-15-17(3)7(8)2/h5-6H,4H2,1-3H3,(H,13,14,16). The molecule has 0 aliphatic heterocycles. The molecule has 0 bridgehead atoms. The van der Waals surface area contributed by atoms with E-state index in [1.54, 1.807) is 12.4 Å². The van der Waals surface area contributed by atoms with Gasteiger partial charge in [-0.3, -0.25) is 4.68 Å². The Labute approximate surface area is 108 Å². The van der Waals surface area contributed by atoms with Gasteiger partial charge in [-0.15, -0.1) is 0 Å². The van der Waals surface area contributed by atoms with Gasteiger partial charge < -0.3 is 5.32 Å². The highest BCUT2D eigenvalue weighted by atomic mass is 79.9. The van der Waals surface area contributed by atoms with Crippen molar-refractivity contribution in [3.63, 3.8) is 0 Å². The summed E-state index contributed by atoms with van der Waals surface area (Å²) in [6, 6.07) is 0. The first-order valence-corrected chi connectivity index (χ1v) is 6.18. The van der Waals surface area contributed by atoms with E-state index in [1.165, 1.54) is 0 Å². The maximum absolute atomic E-state index is 4.48. The van der Waals surface area contributed by atoms with Crippen molar-refractivity contribution in [3.8, 4) is 11.4 Å². The lowest BCUT2D eigenvalue weighted by Crippen LogP contribution is -2.02. The van der Waals surface area contributed by atoms with Gasteiger partial charge in [-0.1, -0.05) is 0 Å². The van der Waals surface area contributed by atoms with Gasteiger partial charge in [0.1, 0.15) is 5.82 Å². The van der Waals surface area contributed by atoms with E-state index in [2.05, 4.69) is 36.3 Å². The molecule has 0 fully saturated rings. The number of nitrogens with one attached hydrogen (secondary N) is 1.